The van der Waals surface area contributed by atoms with Gasteiger partial charge in [0.2, 0.25) is 0 Å². The molecule has 1 fully saturated rings. The van der Waals surface area contributed by atoms with E-state index in [1.807, 2.05) is 13.8 Å². The zero-order valence-electron chi connectivity index (χ0n) is 9.07. The summed E-state index contributed by atoms with van der Waals surface area (Å²) in [6, 6.07) is 0. The van der Waals surface area contributed by atoms with Crippen molar-refractivity contribution in [2.24, 2.45) is 5.92 Å². The molecule has 3 heteroatoms. The Bertz CT molecular complexity index is 156. The Balaban J connectivity index is 2.43. The van der Waals surface area contributed by atoms with Crippen molar-refractivity contribution in [1.29, 1.82) is 0 Å². The molecule has 0 aliphatic heterocycles. The number of ether oxygens (including phenoxy) is 2. The Hall–Kier alpha value is -0.410. The van der Waals surface area contributed by atoms with Crippen molar-refractivity contribution < 1.29 is 14.3 Å². The monoisotopic (exact) mass is 200 g/mol. The highest BCUT2D eigenvalue weighted by Gasteiger charge is 2.29. The highest BCUT2D eigenvalue weighted by molar-refractivity contribution is 5.53. The molecule has 0 aromatic heterocycles. The second-order valence-electron chi connectivity index (χ2n) is 3.76. The lowest BCUT2D eigenvalue weighted by molar-refractivity contribution is -0.118. The molecule has 0 spiro atoms. The van der Waals surface area contributed by atoms with Crippen LogP contribution in [-0.4, -0.2) is 31.7 Å². The summed E-state index contributed by atoms with van der Waals surface area (Å²) in [5.41, 5.74) is 0. The van der Waals surface area contributed by atoms with Gasteiger partial charge in [0.05, 0.1) is 12.2 Å². The van der Waals surface area contributed by atoms with E-state index in [1.165, 1.54) is 0 Å². The molecule has 1 aliphatic carbocycles. The van der Waals surface area contributed by atoms with Crippen molar-refractivity contribution in [3.05, 3.63) is 0 Å². The first-order valence-corrected chi connectivity index (χ1v) is 5.48. The third-order valence-corrected chi connectivity index (χ3v) is 2.65. The summed E-state index contributed by atoms with van der Waals surface area (Å²) in [4.78, 5) is 10.7. The predicted molar refractivity (Wildman–Crippen MR) is 54.2 cm³/mol. The van der Waals surface area contributed by atoms with Gasteiger partial charge in [0.25, 0.3) is 0 Å². The highest BCUT2D eigenvalue weighted by atomic mass is 16.5. The summed E-state index contributed by atoms with van der Waals surface area (Å²) in [5.74, 6) is 0.122. The topological polar surface area (TPSA) is 35.5 Å². The van der Waals surface area contributed by atoms with Gasteiger partial charge >= 0.3 is 0 Å². The molecule has 1 rings (SSSR count). The minimum Gasteiger partial charge on any atom is -0.378 e. The molecule has 3 nitrogen and oxygen atoms in total. The lowest BCUT2D eigenvalue weighted by Crippen LogP contribution is -2.34. The SMILES string of the molecule is CCOC1CC(C=O)CC(OCC)C1. The average Bonchev–Trinajstić information content (AvgIpc) is 2.18. The van der Waals surface area contributed by atoms with E-state index in [0.29, 0.717) is 0 Å². The highest BCUT2D eigenvalue weighted by Crippen LogP contribution is 2.27. The van der Waals surface area contributed by atoms with E-state index in [-0.39, 0.29) is 18.1 Å². The summed E-state index contributed by atoms with van der Waals surface area (Å²) in [6.45, 7) is 5.41. The van der Waals surface area contributed by atoms with Crippen LogP contribution >= 0.6 is 0 Å². The van der Waals surface area contributed by atoms with Crippen LogP contribution in [0.2, 0.25) is 0 Å². The number of rotatable bonds is 5. The fourth-order valence-electron chi connectivity index (χ4n) is 2.11. The molecule has 0 aromatic rings. The summed E-state index contributed by atoms with van der Waals surface area (Å²) >= 11 is 0. The normalized spacial score (nSPS) is 32.9. The summed E-state index contributed by atoms with van der Waals surface area (Å²) < 4.78 is 11.1. The van der Waals surface area contributed by atoms with Crippen molar-refractivity contribution in [2.75, 3.05) is 13.2 Å². The van der Waals surface area contributed by atoms with Crippen molar-refractivity contribution in [3.63, 3.8) is 0 Å². The van der Waals surface area contributed by atoms with Crippen molar-refractivity contribution in [1.82, 2.24) is 0 Å². The van der Waals surface area contributed by atoms with Crippen molar-refractivity contribution in [3.8, 4) is 0 Å². The molecular formula is C11H20O3. The van der Waals surface area contributed by atoms with Crippen LogP contribution in [0.4, 0.5) is 0 Å². The fraction of sp³-hybridized carbons (Fsp3) is 0.909. The van der Waals surface area contributed by atoms with Crippen molar-refractivity contribution >= 4 is 6.29 Å². The van der Waals surface area contributed by atoms with E-state index in [0.717, 1.165) is 38.8 Å². The number of hydrogen-bond donors (Lipinski definition) is 0. The largest absolute Gasteiger partial charge is 0.378 e. The zero-order chi connectivity index (χ0) is 10.4. The second-order valence-corrected chi connectivity index (χ2v) is 3.76. The molecular weight excluding hydrogens is 180 g/mol. The van der Waals surface area contributed by atoms with Crippen LogP contribution in [0.15, 0.2) is 0 Å². The first-order chi connectivity index (χ1) is 6.80. The minimum atomic E-state index is 0.122. The quantitative estimate of drug-likeness (QED) is 0.635. The van der Waals surface area contributed by atoms with Gasteiger partial charge in [-0.3, -0.25) is 0 Å². The first kappa shape index (κ1) is 11.7. The van der Waals surface area contributed by atoms with E-state index in [1.54, 1.807) is 0 Å². The van der Waals surface area contributed by atoms with Gasteiger partial charge in [-0.25, -0.2) is 0 Å². The van der Waals surface area contributed by atoms with Gasteiger partial charge in [0.1, 0.15) is 6.29 Å². The van der Waals surface area contributed by atoms with Crippen molar-refractivity contribution in [2.45, 2.75) is 45.3 Å². The lowest BCUT2D eigenvalue weighted by Gasteiger charge is -2.32. The number of carbonyl (C=O) groups excluding carboxylic acids is 1. The third-order valence-electron chi connectivity index (χ3n) is 2.65. The maximum absolute atomic E-state index is 10.7. The number of hydrogen-bond acceptors (Lipinski definition) is 3. The molecule has 2 atom stereocenters. The molecule has 0 saturated heterocycles. The van der Waals surface area contributed by atoms with Crippen LogP contribution in [0.3, 0.4) is 0 Å². The smallest absolute Gasteiger partial charge is 0.123 e. The molecule has 0 radical (unpaired) electrons. The van der Waals surface area contributed by atoms with Gasteiger partial charge in [-0.15, -0.1) is 0 Å². The Kier molecular flexibility index (Phi) is 5.12. The number of aldehydes is 1. The Labute approximate surface area is 85.8 Å². The molecule has 0 bridgehead atoms. The van der Waals surface area contributed by atoms with Gasteiger partial charge in [0, 0.05) is 19.1 Å². The minimum absolute atomic E-state index is 0.122. The van der Waals surface area contributed by atoms with Crippen LogP contribution in [0.1, 0.15) is 33.1 Å². The van der Waals surface area contributed by atoms with Crippen LogP contribution in [0, 0.1) is 5.92 Å². The summed E-state index contributed by atoms with van der Waals surface area (Å²) in [5, 5.41) is 0. The van der Waals surface area contributed by atoms with Crippen LogP contribution in [0.25, 0.3) is 0 Å². The molecule has 1 aliphatic rings. The molecule has 14 heavy (non-hydrogen) atoms. The predicted octanol–water partition coefficient (Wildman–Crippen LogP) is 1.80. The molecule has 0 N–H and O–H groups in total. The van der Waals surface area contributed by atoms with Gasteiger partial charge in [-0.05, 0) is 33.1 Å². The lowest BCUT2D eigenvalue weighted by atomic mass is 9.86. The van der Waals surface area contributed by atoms with E-state index < -0.39 is 0 Å². The van der Waals surface area contributed by atoms with Crippen LogP contribution in [-0.2, 0) is 14.3 Å². The molecule has 0 amide bonds. The van der Waals surface area contributed by atoms with E-state index in [4.69, 9.17) is 9.47 Å². The van der Waals surface area contributed by atoms with E-state index >= 15 is 0 Å². The Morgan fingerprint density at radius 3 is 1.93 bits per heavy atom. The van der Waals surface area contributed by atoms with Gasteiger partial charge < -0.3 is 14.3 Å². The molecule has 2 unspecified atom stereocenters. The van der Waals surface area contributed by atoms with Crippen LogP contribution in [0.5, 0.6) is 0 Å². The molecule has 0 aromatic carbocycles. The van der Waals surface area contributed by atoms with E-state index in [2.05, 4.69) is 0 Å². The summed E-state index contributed by atoms with van der Waals surface area (Å²) in [7, 11) is 0. The molecule has 0 heterocycles. The Morgan fingerprint density at radius 2 is 1.57 bits per heavy atom. The standard InChI is InChI=1S/C11H20O3/c1-3-13-10-5-9(8-12)6-11(7-10)14-4-2/h8-11H,3-7H2,1-2H3. The van der Waals surface area contributed by atoms with Gasteiger partial charge in [0.15, 0.2) is 0 Å². The average molecular weight is 200 g/mol. The zero-order valence-corrected chi connectivity index (χ0v) is 9.07. The van der Waals surface area contributed by atoms with Gasteiger partial charge in [-0.2, -0.15) is 0 Å². The Morgan fingerprint density at radius 1 is 1.07 bits per heavy atom. The number of carbonyl (C=O) groups is 1. The third kappa shape index (κ3) is 3.39. The van der Waals surface area contributed by atoms with E-state index in [9.17, 15) is 4.79 Å². The fourth-order valence-corrected chi connectivity index (χ4v) is 2.11. The second kappa shape index (κ2) is 6.14. The van der Waals surface area contributed by atoms with Crippen LogP contribution < -0.4 is 0 Å². The molecule has 1 saturated carbocycles. The van der Waals surface area contributed by atoms with Gasteiger partial charge in [-0.1, -0.05) is 0 Å². The maximum atomic E-state index is 10.7. The summed E-state index contributed by atoms with van der Waals surface area (Å²) in [6.07, 6.45) is 4.12. The molecule has 82 valence electrons. The maximum Gasteiger partial charge on any atom is 0.123 e. The first-order valence-electron chi connectivity index (χ1n) is 5.48.